The van der Waals surface area contributed by atoms with E-state index in [1.54, 1.807) is 0 Å². The predicted molar refractivity (Wildman–Crippen MR) is 86.2 cm³/mol. The molecule has 2 rings (SSSR count). The van der Waals surface area contributed by atoms with Crippen LogP contribution in [-0.2, 0) is 4.79 Å². The van der Waals surface area contributed by atoms with Crippen molar-refractivity contribution in [1.82, 2.24) is 10.2 Å². The maximum absolute atomic E-state index is 12.9. The summed E-state index contributed by atoms with van der Waals surface area (Å²) in [6, 6.07) is 0.459. The summed E-state index contributed by atoms with van der Waals surface area (Å²) in [5.74, 6) is 0.616. The van der Waals surface area contributed by atoms with Gasteiger partial charge in [0.2, 0.25) is 5.91 Å². The molecule has 20 heavy (non-hydrogen) atoms. The van der Waals surface area contributed by atoms with E-state index < -0.39 is 0 Å². The standard InChI is InChI=1S/C16H30N2O.ClH/c1-6-11-18(12-7-9-17-10-8-12)14(19)13-15(2,3)16(13,4)5;/h12-13,17H,6-11H2,1-5H3;1H. The average molecular weight is 303 g/mol. The minimum atomic E-state index is 0. The Labute approximate surface area is 130 Å². The quantitative estimate of drug-likeness (QED) is 0.865. The van der Waals surface area contributed by atoms with E-state index in [4.69, 9.17) is 0 Å². The fraction of sp³-hybridized carbons (Fsp3) is 0.938. The third-order valence-corrected chi connectivity index (χ3v) is 5.76. The minimum Gasteiger partial charge on any atom is -0.339 e. The lowest BCUT2D eigenvalue weighted by Gasteiger charge is -2.35. The number of hydrogen-bond acceptors (Lipinski definition) is 2. The fourth-order valence-electron chi connectivity index (χ4n) is 3.81. The molecular formula is C16H31ClN2O. The number of piperidine rings is 1. The Morgan fingerprint density at radius 1 is 1.15 bits per heavy atom. The van der Waals surface area contributed by atoms with Crippen molar-refractivity contribution in [1.29, 1.82) is 0 Å². The maximum atomic E-state index is 12.9. The Balaban J connectivity index is 0.00000200. The van der Waals surface area contributed by atoms with Gasteiger partial charge in [-0.3, -0.25) is 4.79 Å². The van der Waals surface area contributed by atoms with Gasteiger partial charge in [0, 0.05) is 18.5 Å². The molecule has 0 radical (unpaired) electrons. The summed E-state index contributed by atoms with van der Waals surface area (Å²) in [7, 11) is 0. The van der Waals surface area contributed by atoms with Crippen molar-refractivity contribution >= 4 is 18.3 Å². The number of carbonyl (C=O) groups excluding carboxylic acids is 1. The molecule has 118 valence electrons. The highest BCUT2D eigenvalue weighted by Gasteiger charge is 2.69. The van der Waals surface area contributed by atoms with Crippen LogP contribution in [0.25, 0.3) is 0 Å². The Kier molecular flexibility index (Phi) is 5.53. The van der Waals surface area contributed by atoms with Crippen LogP contribution in [-0.4, -0.2) is 36.5 Å². The molecule has 1 saturated heterocycles. The molecule has 0 atom stereocenters. The summed E-state index contributed by atoms with van der Waals surface area (Å²) < 4.78 is 0. The van der Waals surface area contributed by atoms with Crippen LogP contribution in [0.1, 0.15) is 53.9 Å². The highest BCUT2D eigenvalue weighted by Crippen LogP contribution is 2.68. The lowest BCUT2D eigenvalue weighted by molar-refractivity contribution is -0.136. The monoisotopic (exact) mass is 302 g/mol. The van der Waals surface area contributed by atoms with Crippen LogP contribution < -0.4 is 5.32 Å². The second-order valence-corrected chi connectivity index (χ2v) is 7.39. The molecule has 1 N–H and O–H groups in total. The van der Waals surface area contributed by atoms with Crippen LogP contribution in [0.3, 0.4) is 0 Å². The van der Waals surface area contributed by atoms with Crippen molar-refractivity contribution in [3.63, 3.8) is 0 Å². The van der Waals surface area contributed by atoms with Crippen molar-refractivity contribution in [2.24, 2.45) is 16.7 Å². The van der Waals surface area contributed by atoms with Crippen molar-refractivity contribution in [3.05, 3.63) is 0 Å². The molecule has 0 spiro atoms. The van der Waals surface area contributed by atoms with Gasteiger partial charge in [-0.1, -0.05) is 34.6 Å². The fourth-order valence-corrected chi connectivity index (χ4v) is 3.81. The zero-order valence-electron chi connectivity index (χ0n) is 13.7. The van der Waals surface area contributed by atoms with Crippen LogP contribution in [0, 0.1) is 16.7 Å². The molecule has 0 unspecified atom stereocenters. The second-order valence-electron chi connectivity index (χ2n) is 7.39. The van der Waals surface area contributed by atoms with Gasteiger partial charge in [-0.25, -0.2) is 0 Å². The van der Waals surface area contributed by atoms with Crippen molar-refractivity contribution in [2.45, 2.75) is 59.9 Å². The van der Waals surface area contributed by atoms with Crippen LogP contribution >= 0.6 is 12.4 Å². The highest BCUT2D eigenvalue weighted by molar-refractivity contribution is 5.85. The third kappa shape index (κ3) is 2.85. The SMILES string of the molecule is CCCN(C(=O)C1C(C)(C)C1(C)C)C1CCNCC1.Cl. The molecule has 3 nitrogen and oxygen atoms in total. The number of amides is 1. The molecular weight excluding hydrogens is 272 g/mol. The summed E-state index contributed by atoms with van der Waals surface area (Å²) in [6.07, 6.45) is 3.28. The van der Waals surface area contributed by atoms with Crippen molar-refractivity contribution < 1.29 is 4.79 Å². The first-order valence-corrected chi connectivity index (χ1v) is 7.85. The summed E-state index contributed by atoms with van der Waals surface area (Å²) in [5.41, 5.74) is 0.311. The molecule has 0 aromatic heterocycles. The third-order valence-electron chi connectivity index (χ3n) is 5.76. The molecule has 0 aromatic rings. The lowest BCUT2D eigenvalue weighted by atomic mass is 10.0. The molecule has 2 fully saturated rings. The van der Waals surface area contributed by atoms with Gasteiger partial charge in [-0.2, -0.15) is 0 Å². The molecule has 1 heterocycles. The number of halogens is 1. The summed E-state index contributed by atoms with van der Waals surface area (Å²) in [5, 5.41) is 3.39. The predicted octanol–water partition coefficient (Wildman–Crippen LogP) is 3.08. The highest BCUT2D eigenvalue weighted by atomic mass is 35.5. The molecule has 1 saturated carbocycles. The van der Waals surface area contributed by atoms with Crippen molar-refractivity contribution in [2.75, 3.05) is 19.6 Å². The Morgan fingerprint density at radius 2 is 1.65 bits per heavy atom. The number of nitrogens with zero attached hydrogens (tertiary/aromatic N) is 1. The van der Waals surface area contributed by atoms with Gasteiger partial charge < -0.3 is 10.2 Å². The Morgan fingerprint density at radius 3 is 2.05 bits per heavy atom. The Bertz CT molecular complexity index is 334. The average Bonchev–Trinajstić information content (AvgIpc) is 2.77. The topological polar surface area (TPSA) is 32.3 Å². The van der Waals surface area contributed by atoms with Gasteiger partial charge in [0.25, 0.3) is 0 Å². The zero-order valence-corrected chi connectivity index (χ0v) is 14.5. The zero-order chi connectivity index (χ0) is 14.3. The van der Waals surface area contributed by atoms with E-state index >= 15 is 0 Å². The van der Waals surface area contributed by atoms with Crippen LogP contribution in [0.15, 0.2) is 0 Å². The molecule has 0 bridgehead atoms. The van der Waals surface area contributed by atoms with E-state index in [0.717, 1.165) is 38.9 Å². The number of rotatable bonds is 4. The first-order chi connectivity index (χ1) is 8.84. The first-order valence-electron chi connectivity index (χ1n) is 7.85. The van der Waals surface area contributed by atoms with E-state index in [-0.39, 0.29) is 29.2 Å². The molecule has 1 aliphatic carbocycles. The minimum absolute atomic E-state index is 0. The lowest BCUT2D eigenvalue weighted by Crippen LogP contribution is -2.47. The van der Waals surface area contributed by atoms with Crippen molar-refractivity contribution in [3.8, 4) is 0 Å². The van der Waals surface area contributed by atoms with Crippen LogP contribution in [0.2, 0.25) is 0 Å². The molecule has 1 amide bonds. The Hall–Kier alpha value is -0.280. The van der Waals surface area contributed by atoms with Gasteiger partial charge in [0.05, 0.1) is 0 Å². The molecule has 1 aliphatic heterocycles. The van der Waals surface area contributed by atoms with E-state index in [1.165, 1.54) is 0 Å². The smallest absolute Gasteiger partial charge is 0.227 e. The molecule has 0 aromatic carbocycles. The first kappa shape index (κ1) is 17.8. The summed E-state index contributed by atoms with van der Waals surface area (Å²) in [4.78, 5) is 15.1. The summed E-state index contributed by atoms with van der Waals surface area (Å²) >= 11 is 0. The normalized spacial score (nSPS) is 24.9. The second kappa shape index (κ2) is 6.23. The number of nitrogens with one attached hydrogen (secondary N) is 1. The van der Waals surface area contributed by atoms with Gasteiger partial charge in [-0.15, -0.1) is 12.4 Å². The maximum Gasteiger partial charge on any atom is 0.227 e. The van der Waals surface area contributed by atoms with Crippen LogP contribution in [0.5, 0.6) is 0 Å². The molecule has 4 heteroatoms. The van der Waals surface area contributed by atoms with E-state index in [1.807, 2.05) is 0 Å². The van der Waals surface area contributed by atoms with Gasteiger partial charge in [0.1, 0.15) is 0 Å². The van der Waals surface area contributed by atoms with Gasteiger partial charge in [0.15, 0.2) is 0 Å². The summed E-state index contributed by atoms with van der Waals surface area (Å²) in [6.45, 7) is 14.1. The number of carbonyl (C=O) groups is 1. The van der Waals surface area contributed by atoms with Gasteiger partial charge in [-0.05, 0) is 43.2 Å². The number of hydrogen-bond donors (Lipinski definition) is 1. The van der Waals surface area contributed by atoms with E-state index in [9.17, 15) is 4.79 Å². The van der Waals surface area contributed by atoms with Gasteiger partial charge >= 0.3 is 0 Å². The van der Waals surface area contributed by atoms with E-state index in [0.29, 0.717) is 11.9 Å². The molecule has 2 aliphatic rings. The van der Waals surface area contributed by atoms with E-state index in [2.05, 4.69) is 44.8 Å². The largest absolute Gasteiger partial charge is 0.339 e. The van der Waals surface area contributed by atoms with Crippen LogP contribution in [0.4, 0.5) is 0 Å².